The van der Waals surface area contributed by atoms with Gasteiger partial charge in [-0.3, -0.25) is 4.79 Å². The van der Waals surface area contributed by atoms with Crippen molar-refractivity contribution in [3.8, 4) is 0 Å². The highest BCUT2D eigenvalue weighted by molar-refractivity contribution is 5.85. The van der Waals surface area contributed by atoms with Crippen molar-refractivity contribution >= 4 is 18.3 Å². The molecule has 1 heterocycles. The van der Waals surface area contributed by atoms with Crippen LogP contribution in [0.4, 0.5) is 0 Å². The maximum Gasteiger partial charge on any atom is 0.236 e. The van der Waals surface area contributed by atoms with Gasteiger partial charge in [0, 0.05) is 19.1 Å². The van der Waals surface area contributed by atoms with Crippen LogP contribution in [0.3, 0.4) is 0 Å². The molecule has 0 spiro atoms. The molecule has 14 heavy (non-hydrogen) atoms. The molecule has 1 saturated heterocycles. The van der Waals surface area contributed by atoms with Crippen LogP contribution in [0.5, 0.6) is 0 Å². The summed E-state index contributed by atoms with van der Waals surface area (Å²) in [5.74, 6) is 0.495. The molecule has 1 rings (SSSR count). The van der Waals surface area contributed by atoms with Gasteiger partial charge in [-0.05, 0) is 12.3 Å². The van der Waals surface area contributed by atoms with E-state index in [9.17, 15) is 4.79 Å². The first-order valence-corrected chi connectivity index (χ1v) is 4.92. The number of amides is 1. The van der Waals surface area contributed by atoms with E-state index in [0.717, 1.165) is 25.9 Å². The molecule has 1 aliphatic heterocycles. The second-order valence-electron chi connectivity index (χ2n) is 3.66. The first kappa shape index (κ1) is 13.7. The number of nitrogens with zero attached hydrogens (tertiary/aromatic N) is 1. The van der Waals surface area contributed by atoms with Gasteiger partial charge in [0.05, 0.1) is 6.54 Å². The summed E-state index contributed by atoms with van der Waals surface area (Å²) in [6.07, 6.45) is 1.94. The summed E-state index contributed by atoms with van der Waals surface area (Å²) in [7, 11) is 0. The maximum absolute atomic E-state index is 11.3. The van der Waals surface area contributed by atoms with Crippen molar-refractivity contribution < 1.29 is 4.79 Å². The van der Waals surface area contributed by atoms with E-state index in [1.165, 1.54) is 0 Å². The number of piperidine rings is 1. The summed E-state index contributed by atoms with van der Waals surface area (Å²) in [4.78, 5) is 13.1. The number of carbonyl (C=O) groups excluding carboxylic acids is 1. The van der Waals surface area contributed by atoms with Gasteiger partial charge in [0.1, 0.15) is 0 Å². The Bertz CT molecular complexity index is 189. The van der Waals surface area contributed by atoms with Crippen LogP contribution in [0.2, 0.25) is 0 Å². The van der Waals surface area contributed by atoms with Crippen molar-refractivity contribution in [2.75, 3.05) is 19.6 Å². The minimum Gasteiger partial charge on any atom is -0.341 e. The Morgan fingerprint density at radius 2 is 2.21 bits per heavy atom. The van der Waals surface area contributed by atoms with E-state index in [1.807, 2.05) is 4.90 Å². The lowest BCUT2D eigenvalue weighted by molar-refractivity contribution is -0.131. The van der Waals surface area contributed by atoms with Gasteiger partial charge in [0.2, 0.25) is 5.91 Å². The number of carbonyl (C=O) groups is 1. The summed E-state index contributed by atoms with van der Waals surface area (Å²) in [6.45, 7) is 3.79. The van der Waals surface area contributed by atoms with Crippen LogP contribution in [0.15, 0.2) is 0 Å². The highest BCUT2D eigenvalue weighted by atomic mass is 35.5. The molecule has 4 nitrogen and oxygen atoms in total. The predicted octanol–water partition coefficient (Wildman–Crippen LogP) is -0.0473. The Morgan fingerprint density at radius 3 is 2.71 bits per heavy atom. The van der Waals surface area contributed by atoms with E-state index < -0.39 is 0 Å². The third-order valence-corrected chi connectivity index (χ3v) is 2.84. The summed E-state index contributed by atoms with van der Waals surface area (Å²) >= 11 is 0. The second kappa shape index (κ2) is 6.22. The molecule has 0 radical (unpaired) electrons. The van der Waals surface area contributed by atoms with E-state index in [0.29, 0.717) is 5.92 Å². The molecule has 0 aliphatic carbocycles. The van der Waals surface area contributed by atoms with Crippen LogP contribution in [-0.4, -0.2) is 36.5 Å². The summed E-state index contributed by atoms with van der Waals surface area (Å²) in [6, 6.07) is 0.256. The van der Waals surface area contributed by atoms with E-state index in [2.05, 4.69) is 6.92 Å². The predicted molar refractivity (Wildman–Crippen MR) is 59.3 cm³/mol. The van der Waals surface area contributed by atoms with Gasteiger partial charge < -0.3 is 16.4 Å². The molecular weight excluding hydrogens is 202 g/mol. The smallest absolute Gasteiger partial charge is 0.236 e. The largest absolute Gasteiger partial charge is 0.341 e. The van der Waals surface area contributed by atoms with Gasteiger partial charge in [-0.15, -0.1) is 12.4 Å². The maximum atomic E-state index is 11.3. The summed E-state index contributed by atoms with van der Waals surface area (Å²) < 4.78 is 0. The van der Waals surface area contributed by atoms with E-state index >= 15 is 0 Å². The lowest BCUT2D eigenvalue weighted by Gasteiger charge is -2.36. The molecule has 84 valence electrons. The van der Waals surface area contributed by atoms with Gasteiger partial charge in [0.15, 0.2) is 0 Å². The van der Waals surface area contributed by atoms with Gasteiger partial charge >= 0.3 is 0 Å². The van der Waals surface area contributed by atoms with Crippen LogP contribution in [-0.2, 0) is 4.79 Å². The van der Waals surface area contributed by atoms with Gasteiger partial charge in [-0.1, -0.05) is 13.3 Å². The molecule has 2 atom stereocenters. The molecule has 2 unspecified atom stereocenters. The van der Waals surface area contributed by atoms with E-state index in [-0.39, 0.29) is 30.9 Å². The molecule has 5 heteroatoms. The van der Waals surface area contributed by atoms with E-state index in [4.69, 9.17) is 11.5 Å². The Labute approximate surface area is 91.4 Å². The Balaban J connectivity index is 0.00000169. The van der Waals surface area contributed by atoms with Crippen LogP contribution < -0.4 is 11.5 Å². The first-order chi connectivity index (χ1) is 6.19. The van der Waals surface area contributed by atoms with Crippen molar-refractivity contribution in [2.45, 2.75) is 25.8 Å². The average Bonchev–Trinajstić information content (AvgIpc) is 2.17. The number of hydrogen-bond acceptors (Lipinski definition) is 3. The number of nitrogens with two attached hydrogens (primary N) is 2. The van der Waals surface area contributed by atoms with Gasteiger partial charge in [-0.25, -0.2) is 0 Å². The molecule has 1 aliphatic rings. The van der Waals surface area contributed by atoms with E-state index in [1.54, 1.807) is 0 Å². The molecular formula is C9H20ClN3O. The SMILES string of the molecule is CCC1CN(C(=O)CN)CCC1N.Cl. The molecule has 0 aromatic heterocycles. The molecule has 0 aromatic carbocycles. The average molecular weight is 222 g/mol. The Kier molecular flexibility index (Phi) is 6.08. The van der Waals surface area contributed by atoms with Gasteiger partial charge in [0.25, 0.3) is 0 Å². The third kappa shape index (κ3) is 3.12. The minimum absolute atomic E-state index is 0. The summed E-state index contributed by atoms with van der Waals surface area (Å²) in [5, 5.41) is 0. The highest BCUT2D eigenvalue weighted by Gasteiger charge is 2.27. The van der Waals surface area contributed by atoms with Crippen molar-refractivity contribution in [3.05, 3.63) is 0 Å². The van der Waals surface area contributed by atoms with Gasteiger partial charge in [-0.2, -0.15) is 0 Å². The molecule has 0 saturated carbocycles. The quantitative estimate of drug-likeness (QED) is 0.687. The monoisotopic (exact) mass is 221 g/mol. The summed E-state index contributed by atoms with van der Waals surface area (Å²) in [5.41, 5.74) is 11.2. The molecule has 0 bridgehead atoms. The number of rotatable bonds is 2. The van der Waals surface area contributed by atoms with Crippen LogP contribution in [0.1, 0.15) is 19.8 Å². The third-order valence-electron chi connectivity index (χ3n) is 2.84. The van der Waals surface area contributed by atoms with Crippen LogP contribution in [0.25, 0.3) is 0 Å². The Morgan fingerprint density at radius 1 is 1.57 bits per heavy atom. The fraction of sp³-hybridized carbons (Fsp3) is 0.889. The molecule has 4 N–H and O–H groups in total. The standard InChI is InChI=1S/C9H19N3O.ClH/c1-2-7-6-12(9(13)5-10)4-3-8(7)11;/h7-8H,2-6,10-11H2,1H3;1H. The van der Waals surface area contributed by atoms with Crippen molar-refractivity contribution in [3.63, 3.8) is 0 Å². The lowest BCUT2D eigenvalue weighted by Crippen LogP contribution is -2.50. The second-order valence-corrected chi connectivity index (χ2v) is 3.66. The topological polar surface area (TPSA) is 72.3 Å². The van der Waals surface area contributed by atoms with Crippen molar-refractivity contribution in [1.82, 2.24) is 4.90 Å². The highest BCUT2D eigenvalue weighted by Crippen LogP contribution is 2.18. The first-order valence-electron chi connectivity index (χ1n) is 4.92. The number of hydrogen-bond donors (Lipinski definition) is 2. The lowest BCUT2D eigenvalue weighted by atomic mass is 9.91. The number of likely N-dealkylation sites (tertiary alicyclic amines) is 1. The Hall–Kier alpha value is -0.320. The normalized spacial score (nSPS) is 26.9. The zero-order valence-corrected chi connectivity index (χ0v) is 9.43. The van der Waals surface area contributed by atoms with Crippen LogP contribution in [0, 0.1) is 5.92 Å². The fourth-order valence-corrected chi connectivity index (χ4v) is 1.84. The number of halogens is 1. The van der Waals surface area contributed by atoms with Crippen LogP contribution >= 0.6 is 12.4 Å². The molecule has 1 amide bonds. The molecule has 0 aromatic rings. The van der Waals surface area contributed by atoms with Crippen molar-refractivity contribution in [1.29, 1.82) is 0 Å². The molecule has 1 fully saturated rings. The zero-order valence-electron chi connectivity index (χ0n) is 8.61. The zero-order chi connectivity index (χ0) is 9.84. The minimum atomic E-state index is 0. The van der Waals surface area contributed by atoms with Crippen molar-refractivity contribution in [2.24, 2.45) is 17.4 Å². The fourth-order valence-electron chi connectivity index (χ4n) is 1.84.